The van der Waals surface area contributed by atoms with E-state index in [2.05, 4.69) is 5.32 Å². The van der Waals surface area contributed by atoms with Gasteiger partial charge >= 0.3 is 5.97 Å². The molecule has 0 aromatic rings. The van der Waals surface area contributed by atoms with Gasteiger partial charge in [0.1, 0.15) is 6.04 Å². The maximum absolute atomic E-state index is 11.5. The smallest absolute Gasteiger partial charge is 0.326 e. The Balaban J connectivity index is 4.57. The van der Waals surface area contributed by atoms with Gasteiger partial charge in [-0.25, -0.2) is 4.79 Å². The molecule has 15 heavy (non-hydrogen) atoms. The van der Waals surface area contributed by atoms with E-state index in [0.717, 1.165) is 0 Å². The standard InChI is InChI=1S/C10H20N2O3/c1-5-6(2)7(8(13)14)12-9(15)10(3,4)11/h6-7H,5,11H2,1-4H3,(H,12,15)(H,13,14). The number of nitrogens with one attached hydrogen (secondary N) is 1. The minimum atomic E-state index is -1.05. The number of nitrogens with two attached hydrogens (primary N) is 1. The number of hydrogen-bond acceptors (Lipinski definition) is 3. The number of hydrogen-bond donors (Lipinski definition) is 3. The lowest BCUT2D eigenvalue weighted by atomic mass is 9.97. The molecule has 0 fully saturated rings. The Bertz CT molecular complexity index is 246. The molecule has 0 aliphatic carbocycles. The first kappa shape index (κ1) is 13.9. The zero-order valence-electron chi connectivity index (χ0n) is 9.70. The van der Waals surface area contributed by atoms with Gasteiger partial charge in [0, 0.05) is 0 Å². The van der Waals surface area contributed by atoms with Crippen molar-refractivity contribution in [1.82, 2.24) is 5.32 Å². The van der Waals surface area contributed by atoms with Gasteiger partial charge in [-0.15, -0.1) is 0 Å². The van der Waals surface area contributed by atoms with Crippen LogP contribution in [-0.4, -0.2) is 28.6 Å². The zero-order valence-corrected chi connectivity index (χ0v) is 9.70. The van der Waals surface area contributed by atoms with Crippen LogP contribution in [0.2, 0.25) is 0 Å². The molecule has 5 heteroatoms. The van der Waals surface area contributed by atoms with Crippen LogP contribution < -0.4 is 11.1 Å². The van der Waals surface area contributed by atoms with Gasteiger partial charge in [0.2, 0.25) is 5.91 Å². The van der Waals surface area contributed by atoms with Crippen molar-refractivity contribution in [2.75, 3.05) is 0 Å². The fraction of sp³-hybridized carbons (Fsp3) is 0.800. The molecule has 0 aliphatic heterocycles. The molecular formula is C10H20N2O3. The average Bonchev–Trinajstić information content (AvgIpc) is 2.10. The van der Waals surface area contributed by atoms with Crippen molar-refractivity contribution in [2.45, 2.75) is 45.7 Å². The lowest BCUT2D eigenvalue weighted by molar-refractivity contribution is -0.144. The van der Waals surface area contributed by atoms with Crippen molar-refractivity contribution in [2.24, 2.45) is 11.7 Å². The van der Waals surface area contributed by atoms with E-state index in [1.807, 2.05) is 6.92 Å². The summed E-state index contributed by atoms with van der Waals surface area (Å²) in [5.74, 6) is -1.59. The third kappa shape index (κ3) is 4.29. The summed E-state index contributed by atoms with van der Waals surface area (Å²) in [4.78, 5) is 22.4. The van der Waals surface area contributed by atoms with Crippen LogP contribution in [0.5, 0.6) is 0 Å². The summed E-state index contributed by atoms with van der Waals surface area (Å²) >= 11 is 0. The molecule has 2 atom stereocenters. The van der Waals surface area contributed by atoms with Crippen LogP contribution in [-0.2, 0) is 9.59 Å². The number of carboxylic acid groups (broad SMARTS) is 1. The van der Waals surface area contributed by atoms with Gasteiger partial charge in [0.05, 0.1) is 5.54 Å². The van der Waals surface area contributed by atoms with Gasteiger partial charge in [0.15, 0.2) is 0 Å². The van der Waals surface area contributed by atoms with Crippen molar-refractivity contribution in [3.05, 3.63) is 0 Å². The number of carbonyl (C=O) groups is 2. The van der Waals surface area contributed by atoms with Crippen molar-refractivity contribution in [3.8, 4) is 0 Å². The second kappa shape index (κ2) is 5.11. The topological polar surface area (TPSA) is 92.4 Å². The molecule has 0 spiro atoms. The van der Waals surface area contributed by atoms with Gasteiger partial charge < -0.3 is 16.2 Å². The molecule has 0 aromatic carbocycles. The molecule has 0 radical (unpaired) electrons. The first-order chi connectivity index (χ1) is 6.70. The molecule has 2 unspecified atom stereocenters. The Kier molecular flexibility index (Phi) is 4.74. The number of carbonyl (C=O) groups excluding carboxylic acids is 1. The first-order valence-electron chi connectivity index (χ1n) is 5.02. The highest BCUT2D eigenvalue weighted by atomic mass is 16.4. The maximum atomic E-state index is 11.5. The number of aliphatic carboxylic acids is 1. The third-order valence-electron chi connectivity index (χ3n) is 2.35. The molecule has 0 aromatic heterocycles. The van der Waals surface area contributed by atoms with E-state index in [1.165, 1.54) is 13.8 Å². The van der Waals surface area contributed by atoms with E-state index in [9.17, 15) is 9.59 Å². The normalized spacial score (nSPS) is 15.5. The minimum Gasteiger partial charge on any atom is -0.480 e. The fourth-order valence-corrected chi connectivity index (χ4v) is 1.01. The number of amides is 1. The van der Waals surface area contributed by atoms with Crippen molar-refractivity contribution in [1.29, 1.82) is 0 Å². The lowest BCUT2D eigenvalue weighted by Gasteiger charge is -2.25. The summed E-state index contributed by atoms with van der Waals surface area (Å²) in [5.41, 5.74) is 4.51. The Hall–Kier alpha value is -1.10. The molecule has 5 nitrogen and oxygen atoms in total. The SMILES string of the molecule is CCC(C)C(NC(=O)C(C)(C)N)C(=O)O. The molecule has 0 heterocycles. The highest BCUT2D eigenvalue weighted by molar-refractivity contribution is 5.89. The Morgan fingerprint density at radius 2 is 1.93 bits per heavy atom. The predicted molar refractivity (Wildman–Crippen MR) is 57.3 cm³/mol. The average molecular weight is 216 g/mol. The summed E-state index contributed by atoms with van der Waals surface area (Å²) in [7, 11) is 0. The van der Waals surface area contributed by atoms with Crippen LogP contribution in [0.1, 0.15) is 34.1 Å². The van der Waals surface area contributed by atoms with Crippen LogP contribution in [0.15, 0.2) is 0 Å². The van der Waals surface area contributed by atoms with E-state index in [1.54, 1.807) is 6.92 Å². The lowest BCUT2D eigenvalue weighted by Crippen LogP contribution is -2.55. The molecule has 4 N–H and O–H groups in total. The molecule has 0 aliphatic rings. The van der Waals surface area contributed by atoms with E-state index >= 15 is 0 Å². The summed E-state index contributed by atoms with van der Waals surface area (Å²) in [5, 5.41) is 11.4. The molecule has 0 saturated carbocycles. The van der Waals surface area contributed by atoms with Crippen molar-refractivity contribution < 1.29 is 14.7 Å². The van der Waals surface area contributed by atoms with Crippen LogP contribution in [0.25, 0.3) is 0 Å². The Labute approximate surface area is 90.0 Å². The Morgan fingerprint density at radius 3 is 2.20 bits per heavy atom. The van der Waals surface area contributed by atoms with Crippen molar-refractivity contribution >= 4 is 11.9 Å². The van der Waals surface area contributed by atoms with E-state index < -0.39 is 23.5 Å². The van der Waals surface area contributed by atoms with E-state index in [0.29, 0.717) is 6.42 Å². The van der Waals surface area contributed by atoms with Crippen LogP contribution in [0.3, 0.4) is 0 Å². The van der Waals surface area contributed by atoms with Gasteiger partial charge in [0.25, 0.3) is 0 Å². The van der Waals surface area contributed by atoms with Gasteiger partial charge in [-0.05, 0) is 19.8 Å². The Morgan fingerprint density at radius 1 is 1.47 bits per heavy atom. The maximum Gasteiger partial charge on any atom is 0.326 e. The number of carboxylic acids is 1. The van der Waals surface area contributed by atoms with Gasteiger partial charge in [-0.2, -0.15) is 0 Å². The highest BCUT2D eigenvalue weighted by Crippen LogP contribution is 2.09. The van der Waals surface area contributed by atoms with Crippen LogP contribution in [0.4, 0.5) is 0 Å². The van der Waals surface area contributed by atoms with E-state index in [4.69, 9.17) is 10.8 Å². The summed E-state index contributed by atoms with van der Waals surface area (Å²) < 4.78 is 0. The monoisotopic (exact) mass is 216 g/mol. The fourth-order valence-electron chi connectivity index (χ4n) is 1.01. The summed E-state index contributed by atoms with van der Waals surface area (Å²) in [6.07, 6.45) is 0.683. The number of rotatable bonds is 5. The molecule has 0 bridgehead atoms. The predicted octanol–water partition coefficient (Wildman–Crippen LogP) is 0.339. The van der Waals surface area contributed by atoms with Gasteiger partial charge in [-0.1, -0.05) is 20.3 Å². The molecular weight excluding hydrogens is 196 g/mol. The quantitative estimate of drug-likeness (QED) is 0.618. The van der Waals surface area contributed by atoms with Crippen LogP contribution in [0, 0.1) is 5.92 Å². The minimum absolute atomic E-state index is 0.117. The molecule has 0 saturated heterocycles. The molecule has 88 valence electrons. The zero-order chi connectivity index (χ0) is 12.2. The third-order valence-corrected chi connectivity index (χ3v) is 2.35. The van der Waals surface area contributed by atoms with Crippen molar-refractivity contribution in [3.63, 3.8) is 0 Å². The summed E-state index contributed by atoms with van der Waals surface area (Å²) in [6.45, 7) is 6.73. The van der Waals surface area contributed by atoms with Crippen LogP contribution >= 0.6 is 0 Å². The second-order valence-corrected chi connectivity index (χ2v) is 4.40. The molecule has 1 amide bonds. The first-order valence-corrected chi connectivity index (χ1v) is 5.02. The largest absolute Gasteiger partial charge is 0.480 e. The van der Waals surface area contributed by atoms with E-state index in [-0.39, 0.29) is 5.92 Å². The van der Waals surface area contributed by atoms with Gasteiger partial charge in [-0.3, -0.25) is 4.79 Å². The molecule has 0 rings (SSSR count). The summed E-state index contributed by atoms with van der Waals surface area (Å²) in [6, 6.07) is -0.870. The highest BCUT2D eigenvalue weighted by Gasteiger charge is 2.30. The second-order valence-electron chi connectivity index (χ2n) is 4.40.